The Hall–Kier alpha value is -2.36. The number of allylic oxidation sites excluding steroid dienone is 2. The van der Waals surface area contributed by atoms with Crippen LogP contribution in [-0.2, 0) is 16.0 Å². The summed E-state index contributed by atoms with van der Waals surface area (Å²) in [5.74, 6) is -3.25. The lowest BCUT2D eigenvalue weighted by atomic mass is 9.63. The van der Waals surface area contributed by atoms with Crippen LogP contribution >= 0.6 is 0 Å². The largest absolute Gasteiger partial charge is 0.481 e. The molecule has 21 heavy (non-hydrogen) atoms. The molecule has 2 N–H and O–H groups in total. The third-order valence-electron chi connectivity index (χ3n) is 4.06. The minimum Gasteiger partial charge on any atom is -0.481 e. The zero-order valence-corrected chi connectivity index (χ0v) is 11.8. The number of rotatable bonds is 5. The predicted octanol–water partition coefficient (Wildman–Crippen LogP) is 2.91. The van der Waals surface area contributed by atoms with E-state index in [1.165, 1.54) is 6.08 Å². The van der Waals surface area contributed by atoms with Crippen molar-refractivity contribution in [1.29, 1.82) is 0 Å². The maximum atomic E-state index is 12.0. The van der Waals surface area contributed by atoms with Crippen molar-refractivity contribution in [2.75, 3.05) is 0 Å². The first-order chi connectivity index (χ1) is 10.0. The number of carbonyl (C=O) groups is 2. The highest BCUT2D eigenvalue weighted by molar-refractivity contribution is 5.89. The fourth-order valence-electron chi connectivity index (χ4n) is 3.01. The molecule has 0 heterocycles. The van der Waals surface area contributed by atoms with Crippen LogP contribution in [0, 0.1) is 11.3 Å². The summed E-state index contributed by atoms with van der Waals surface area (Å²) in [7, 11) is 0. The van der Waals surface area contributed by atoms with E-state index in [0.717, 1.165) is 5.56 Å². The molecule has 0 aromatic heterocycles. The van der Waals surface area contributed by atoms with Gasteiger partial charge in [0.2, 0.25) is 0 Å². The van der Waals surface area contributed by atoms with Gasteiger partial charge in [-0.15, -0.1) is 0 Å². The van der Waals surface area contributed by atoms with Crippen LogP contribution in [0.3, 0.4) is 0 Å². The Balaban J connectivity index is 2.55. The van der Waals surface area contributed by atoms with Gasteiger partial charge in [-0.1, -0.05) is 61.1 Å². The smallest absolute Gasteiger partial charge is 0.315 e. The molecule has 4 nitrogen and oxygen atoms in total. The SMILES string of the molecule is CCC1=CC=CC(C(=O)O)C1(Cc1ccccc1)C(=O)O. The summed E-state index contributed by atoms with van der Waals surface area (Å²) in [5, 5.41) is 19.3. The summed E-state index contributed by atoms with van der Waals surface area (Å²) in [6.07, 6.45) is 5.52. The van der Waals surface area contributed by atoms with E-state index in [2.05, 4.69) is 0 Å². The molecule has 4 heteroatoms. The molecule has 0 amide bonds. The van der Waals surface area contributed by atoms with E-state index < -0.39 is 23.3 Å². The van der Waals surface area contributed by atoms with Crippen molar-refractivity contribution in [1.82, 2.24) is 0 Å². The molecule has 110 valence electrons. The Labute approximate surface area is 123 Å². The van der Waals surface area contributed by atoms with Crippen molar-refractivity contribution >= 4 is 11.9 Å². The second-order valence-electron chi connectivity index (χ2n) is 5.19. The van der Waals surface area contributed by atoms with Crippen molar-refractivity contribution < 1.29 is 19.8 Å². The van der Waals surface area contributed by atoms with E-state index in [4.69, 9.17) is 0 Å². The molecular weight excluding hydrogens is 268 g/mol. The zero-order valence-electron chi connectivity index (χ0n) is 11.8. The average Bonchev–Trinajstić information content (AvgIpc) is 2.47. The van der Waals surface area contributed by atoms with E-state index >= 15 is 0 Å². The first-order valence-electron chi connectivity index (χ1n) is 6.90. The predicted molar refractivity (Wildman–Crippen MR) is 78.9 cm³/mol. The molecule has 0 saturated carbocycles. The lowest BCUT2D eigenvalue weighted by molar-refractivity contribution is -0.157. The van der Waals surface area contributed by atoms with Crippen LogP contribution in [0.2, 0.25) is 0 Å². The summed E-state index contributed by atoms with van der Waals surface area (Å²) in [5.41, 5.74) is 0.0472. The van der Waals surface area contributed by atoms with Gasteiger partial charge in [-0.25, -0.2) is 0 Å². The number of carboxylic acid groups (broad SMARTS) is 2. The van der Waals surface area contributed by atoms with Gasteiger partial charge in [0.15, 0.2) is 0 Å². The van der Waals surface area contributed by atoms with Crippen LogP contribution in [0.5, 0.6) is 0 Å². The van der Waals surface area contributed by atoms with E-state index in [9.17, 15) is 19.8 Å². The number of benzene rings is 1. The van der Waals surface area contributed by atoms with E-state index in [0.29, 0.717) is 12.0 Å². The molecule has 2 unspecified atom stereocenters. The monoisotopic (exact) mass is 286 g/mol. The van der Waals surface area contributed by atoms with Crippen molar-refractivity contribution in [3.05, 3.63) is 59.7 Å². The van der Waals surface area contributed by atoms with Gasteiger partial charge in [-0.2, -0.15) is 0 Å². The lowest BCUT2D eigenvalue weighted by Gasteiger charge is -2.37. The summed E-state index contributed by atoms with van der Waals surface area (Å²) >= 11 is 0. The van der Waals surface area contributed by atoms with E-state index in [1.54, 1.807) is 12.2 Å². The van der Waals surface area contributed by atoms with Crippen LogP contribution in [0.25, 0.3) is 0 Å². The van der Waals surface area contributed by atoms with Crippen molar-refractivity contribution in [3.8, 4) is 0 Å². The molecule has 0 radical (unpaired) electrons. The maximum absolute atomic E-state index is 12.0. The Morgan fingerprint density at radius 3 is 2.38 bits per heavy atom. The van der Waals surface area contributed by atoms with Crippen molar-refractivity contribution in [3.63, 3.8) is 0 Å². The molecule has 2 rings (SSSR count). The van der Waals surface area contributed by atoms with Crippen LogP contribution in [0.15, 0.2) is 54.1 Å². The second-order valence-corrected chi connectivity index (χ2v) is 5.19. The fourth-order valence-corrected chi connectivity index (χ4v) is 3.01. The maximum Gasteiger partial charge on any atom is 0.315 e. The van der Waals surface area contributed by atoms with Gasteiger partial charge in [0.1, 0.15) is 5.41 Å². The molecule has 0 bridgehead atoms. The third kappa shape index (κ3) is 2.61. The highest BCUT2D eigenvalue weighted by Crippen LogP contribution is 2.44. The van der Waals surface area contributed by atoms with Crippen LogP contribution in [0.4, 0.5) is 0 Å². The van der Waals surface area contributed by atoms with Gasteiger partial charge in [-0.05, 0) is 18.4 Å². The van der Waals surface area contributed by atoms with E-state index in [1.807, 2.05) is 37.3 Å². The Morgan fingerprint density at radius 2 is 1.86 bits per heavy atom. The summed E-state index contributed by atoms with van der Waals surface area (Å²) in [6.45, 7) is 1.85. The van der Waals surface area contributed by atoms with Crippen LogP contribution < -0.4 is 0 Å². The molecule has 1 aliphatic rings. The summed E-state index contributed by atoms with van der Waals surface area (Å²) in [4.78, 5) is 23.6. The first-order valence-corrected chi connectivity index (χ1v) is 6.90. The fraction of sp³-hybridized carbons (Fsp3) is 0.294. The Bertz CT molecular complexity index is 600. The van der Waals surface area contributed by atoms with Crippen molar-refractivity contribution in [2.45, 2.75) is 19.8 Å². The molecular formula is C17H18O4. The number of carboxylic acids is 2. The zero-order chi connectivity index (χ0) is 15.5. The Kier molecular flexibility index (Phi) is 4.26. The molecule has 1 aromatic rings. The molecule has 0 spiro atoms. The van der Waals surface area contributed by atoms with Gasteiger partial charge in [0.05, 0.1) is 5.92 Å². The molecule has 2 atom stereocenters. The molecule has 1 aromatic carbocycles. The topological polar surface area (TPSA) is 74.6 Å². The Morgan fingerprint density at radius 1 is 1.19 bits per heavy atom. The number of hydrogen-bond acceptors (Lipinski definition) is 2. The average molecular weight is 286 g/mol. The van der Waals surface area contributed by atoms with E-state index in [-0.39, 0.29) is 6.42 Å². The van der Waals surface area contributed by atoms with Gasteiger partial charge in [0, 0.05) is 0 Å². The summed E-state index contributed by atoms with van der Waals surface area (Å²) in [6, 6.07) is 9.16. The highest BCUT2D eigenvalue weighted by Gasteiger charge is 2.51. The first kappa shape index (κ1) is 15.0. The minimum absolute atomic E-state index is 0.171. The second kappa shape index (κ2) is 5.95. The standard InChI is InChI=1S/C17H18O4/c1-2-13-9-6-10-14(15(18)19)17(13,16(20)21)11-12-7-4-3-5-8-12/h3-10,14H,2,11H2,1H3,(H,18,19)(H,20,21). The minimum atomic E-state index is -1.42. The molecule has 1 aliphatic carbocycles. The highest BCUT2D eigenvalue weighted by atomic mass is 16.4. The van der Waals surface area contributed by atoms with Crippen LogP contribution in [-0.4, -0.2) is 22.2 Å². The number of hydrogen-bond donors (Lipinski definition) is 2. The van der Waals surface area contributed by atoms with Crippen LogP contribution in [0.1, 0.15) is 18.9 Å². The molecule has 0 aliphatic heterocycles. The summed E-state index contributed by atoms with van der Waals surface area (Å²) < 4.78 is 0. The van der Waals surface area contributed by atoms with Gasteiger partial charge >= 0.3 is 11.9 Å². The van der Waals surface area contributed by atoms with Gasteiger partial charge in [-0.3, -0.25) is 9.59 Å². The molecule has 0 saturated heterocycles. The van der Waals surface area contributed by atoms with Gasteiger partial charge in [0.25, 0.3) is 0 Å². The van der Waals surface area contributed by atoms with Gasteiger partial charge < -0.3 is 10.2 Å². The normalized spacial score (nSPS) is 24.4. The quantitative estimate of drug-likeness (QED) is 0.872. The lowest BCUT2D eigenvalue weighted by Crippen LogP contribution is -2.46. The third-order valence-corrected chi connectivity index (χ3v) is 4.06. The number of aliphatic carboxylic acids is 2. The van der Waals surface area contributed by atoms with Crippen molar-refractivity contribution in [2.24, 2.45) is 11.3 Å². The molecule has 0 fully saturated rings.